The SMILES string of the molecule is CCOc1ccc(S(=O)(=O)NCc2ccc(F)c(C)c2)cc1. The molecule has 0 radical (unpaired) electrons. The normalized spacial score (nSPS) is 11.4. The Morgan fingerprint density at radius 3 is 2.41 bits per heavy atom. The van der Waals surface area contributed by atoms with Crippen molar-refractivity contribution in [1.29, 1.82) is 0 Å². The predicted molar refractivity (Wildman–Crippen MR) is 82.8 cm³/mol. The van der Waals surface area contributed by atoms with Gasteiger partial charge in [0, 0.05) is 6.54 Å². The van der Waals surface area contributed by atoms with Crippen LogP contribution in [0.15, 0.2) is 47.4 Å². The zero-order valence-electron chi connectivity index (χ0n) is 12.5. The molecule has 0 amide bonds. The lowest BCUT2D eigenvalue weighted by molar-refractivity contribution is 0.340. The molecule has 0 bridgehead atoms. The molecule has 0 unspecified atom stereocenters. The summed E-state index contributed by atoms with van der Waals surface area (Å²) in [6.07, 6.45) is 0. The van der Waals surface area contributed by atoms with Crippen molar-refractivity contribution in [2.24, 2.45) is 0 Å². The highest BCUT2D eigenvalue weighted by Gasteiger charge is 2.14. The number of hydrogen-bond donors (Lipinski definition) is 1. The third-order valence-electron chi connectivity index (χ3n) is 3.13. The molecule has 4 nitrogen and oxygen atoms in total. The van der Waals surface area contributed by atoms with E-state index in [9.17, 15) is 12.8 Å². The summed E-state index contributed by atoms with van der Waals surface area (Å²) in [5.41, 5.74) is 1.19. The highest BCUT2D eigenvalue weighted by molar-refractivity contribution is 7.89. The van der Waals surface area contributed by atoms with E-state index >= 15 is 0 Å². The fourth-order valence-corrected chi connectivity index (χ4v) is 2.98. The van der Waals surface area contributed by atoms with Gasteiger partial charge >= 0.3 is 0 Å². The number of hydrogen-bond acceptors (Lipinski definition) is 3. The first-order valence-electron chi connectivity index (χ1n) is 6.90. The molecule has 22 heavy (non-hydrogen) atoms. The van der Waals surface area contributed by atoms with Gasteiger partial charge in [0.25, 0.3) is 0 Å². The van der Waals surface area contributed by atoms with Gasteiger partial charge in [-0.2, -0.15) is 0 Å². The number of aryl methyl sites for hydroxylation is 1. The fourth-order valence-electron chi connectivity index (χ4n) is 1.96. The molecule has 118 valence electrons. The van der Waals surface area contributed by atoms with Crippen LogP contribution >= 0.6 is 0 Å². The minimum absolute atomic E-state index is 0.108. The molecule has 0 saturated carbocycles. The Hall–Kier alpha value is -1.92. The molecule has 0 aliphatic rings. The van der Waals surface area contributed by atoms with Crippen molar-refractivity contribution in [2.75, 3.05) is 6.61 Å². The van der Waals surface area contributed by atoms with Crippen molar-refractivity contribution in [3.8, 4) is 5.75 Å². The largest absolute Gasteiger partial charge is 0.494 e. The number of ether oxygens (including phenoxy) is 1. The minimum atomic E-state index is -3.61. The van der Waals surface area contributed by atoms with Crippen LogP contribution in [0.3, 0.4) is 0 Å². The van der Waals surface area contributed by atoms with Crippen LogP contribution in [0, 0.1) is 12.7 Å². The molecule has 0 aromatic heterocycles. The summed E-state index contributed by atoms with van der Waals surface area (Å²) in [5.74, 6) is 0.314. The summed E-state index contributed by atoms with van der Waals surface area (Å²) >= 11 is 0. The topological polar surface area (TPSA) is 55.4 Å². The number of nitrogens with one attached hydrogen (secondary N) is 1. The van der Waals surface area contributed by atoms with Crippen LogP contribution < -0.4 is 9.46 Å². The van der Waals surface area contributed by atoms with Gasteiger partial charge in [-0.05, 0) is 55.3 Å². The average Bonchev–Trinajstić information content (AvgIpc) is 2.49. The maximum absolute atomic E-state index is 13.2. The average molecular weight is 323 g/mol. The molecular weight excluding hydrogens is 305 g/mol. The van der Waals surface area contributed by atoms with Crippen LogP contribution in [0.1, 0.15) is 18.1 Å². The van der Waals surface area contributed by atoms with E-state index in [2.05, 4.69) is 4.72 Å². The highest BCUT2D eigenvalue weighted by atomic mass is 32.2. The molecule has 6 heteroatoms. The van der Waals surface area contributed by atoms with Crippen LogP contribution in [0.2, 0.25) is 0 Å². The molecule has 2 aromatic carbocycles. The molecule has 0 saturated heterocycles. The molecule has 0 aliphatic carbocycles. The van der Waals surface area contributed by atoms with Crippen molar-refractivity contribution < 1.29 is 17.5 Å². The van der Waals surface area contributed by atoms with Gasteiger partial charge in [0.1, 0.15) is 11.6 Å². The minimum Gasteiger partial charge on any atom is -0.494 e. The van der Waals surface area contributed by atoms with Gasteiger partial charge in [0.05, 0.1) is 11.5 Å². The lowest BCUT2D eigenvalue weighted by Crippen LogP contribution is -2.23. The number of benzene rings is 2. The van der Waals surface area contributed by atoms with Crippen LogP contribution in [-0.2, 0) is 16.6 Å². The summed E-state index contributed by atoms with van der Waals surface area (Å²) in [4.78, 5) is 0.162. The Morgan fingerprint density at radius 2 is 1.82 bits per heavy atom. The zero-order valence-corrected chi connectivity index (χ0v) is 13.3. The molecule has 0 heterocycles. The quantitative estimate of drug-likeness (QED) is 0.889. The van der Waals surface area contributed by atoms with Crippen LogP contribution in [-0.4, -0.2) is 15.0 Å². The van der Waals surface area contributed by atoms with E-state index in [-0.39, 0.29) is 17.3 Å². The van der Waals surface area contributed by atoms with Crippen molar-refractivity contribution in [3.05, 3.63) is 59.4 Å². The Bertz CT molecular complexity index is 742. The molecule has 1 N–H and O–H groups in total. The number of sulfonamides is 1. The van der Waals surface area contributed by atoms with Gasteiger partial charge < -0.3 is 4.74 Å². The van der Waals surface area contributed by atoms with Gasteiger partial charge in [-0.3, -0.25) is 0 Å². The van der Waals surface area contributed by atoms with Gasteiger partial charge in [-0.15, -0.1) is 0 Å². The van der Waals surface area contributed by atoms with Crippen LogP contribution in [0.4, 0.5) is 4.39 Å². The molecular formula is C16H18FNO3S. The Morgan fingerprint density at radius 1 is 1.14 bits per heavy atom. The first-order chi connectivity index (χ1) is 10.4. The summed E-state index contributed by atoms with van der Waals surface area (Å²) in [6.45, 7) is 4.13. The second kappa shape index (κ2) is 6.89. The van der Waals surface area contributed by atoms with E-state index in [1.54, 1.807) is 31.2 Å². The third-order valence-corrected chi connectivity index (χ3v) is 4.55. The van der Waals surface area contributed by atoms with Crippen molar-refractivity contribution >= 4 is 10.0 Å². The predicted octanol–water partition coefficient (Wildman–Crippen LogP) is 3.01. The summed E-state index contributed by atoms with van der Waals surface area (Å²) in [7, 11) is -3.61. The van der Waals surface area contributed by atoms with Crippen LogP contribution in [0.25, 0.3) is 0 Å². The van der Waals surface area contributed by atoms with Gasteiger partial charge in [-0.1, -0.05) is 12.1 Å². The summed E-state index contributed by atoms with van der Waals surface area (Å²) in [6, 6.07) is 10.7. The van der Waals surface area contributed by atoms with E-state index in [0.29, 0.717) is 23.5 Å². The van der Waals surface area contributed by atoms with Gasteiger partial charge in [0.15, 0.2) is 0 Å². The van der Waals surface area contributed by atoms with Crippen LogP contribution in [0.5, 0.6) is 5.75 Å². The summed E-state index contributed by atoms with van der Waals surface area (Å²) in [5, 5.41) is 0. The van der Waals surface area contributed by atoms with E-state index < -0.39 is 10.0 Å². The van der Waals surface area contributed by atoms with E-state index in [1.165, 1.54) is 18.2 Å². The van der Waals surface area contributed by atoms with E-state index in [4.69, 9.17) is 4.74 Å². The second-order valence-electron chi connectivity index (χ2n) is 4.81. The first-order valence-corrected chi connectivity index (χ1v) is 8.38. The Kier molecular flexibility index (Phi) is 5.15. The molecule has 0 spiro atoms. The fraction of sp³-hybridized carbons (Fsp3) is 0.250. The molecule has 2 aromatic rings. The smallest absolute Gasteiger partial charge is 0.240 e. The molecule has 0 fully saturated rings. The maximum atomic E-state index is 13.2. The monoisotopic (exact) mass is 323 g/mol. The van der Waals surface area contributed by atoms with Gasteiger partial charge in [-0.25, -0.2) is 17.5 Å². The van der Waals surface area contributed by atoms with Gasteiger partial charge in [0.2, 0.25) is 10.0 Å². The maximum Gasteiger partial charge on any atom is 0.240 e. The lowest BCUT2D eigenvalue weighted by atomic mass is 10.1. The van der Waals surface area contributed by atoms with Crippen molar-refractivity contribution in [2.45, 2.75) is 25.3 Å². The Labute approximate surface area is 130 Å². The molecule has 0 aliphatic heterocycles. The zero-order chi connectivity index (χ0) is 16.2. The second-order valence-corrected chi connectivity index (χ2v) is 6.58. The number of rotatable bonds is 6. The highest BCUT2D eigenvalue weighted by Crippen LogP contribution is 2.16. The van der Waals surface area contributed by atoms with E-state index in [0.717, 1.165) is 0 Å². The van der Waals surface area contributed by atoms with Crippen molar-refractivity contribution in [1.82, 2.24) is 4.72 Å². The molecule has 0 atom stereocenters. The number of halogens is 1. The molecule has 2 rings (SSSR count). The first kappa shape index (κ1) is 16.5. The standard InChI is InChI=1S/C16H18FNO3S/c1-3-21-14-5-7-15(8-6-14)22(19,20)18-11-13-4-9-16(17)12(2)10-13/h4-10,18H,3,11H2,1-2H3. The third kappa shape index (κ3) is 4.05. The lowest BCUT2D eigenvalue weighted by Gasteiger charge is -2.09. The summed E-state index contributed by atoms with van der Waals surface area (Å²) < 4.78 is 45.4. The van der Waals surface area contributed by atoms with Crippen molar-refractivity contribution in [3.63, 3.8) is 0 Å². The van der Waals surface area contributed by atoms with E-state index in [1.807, 2.05) is 6.92 Å². The Balaban J connectivity index is 2.08.